The van der Waals surface area contributed by atoms with Crippen LogP contribution in [0, 0.1) is 5.92 Å². The van der Waals surface area contributed by atoms with Crippen LogP contribution in [0.4, 0.5) is 0 Å². The summed E-state index contributed by atoms with van der Waals surface area (Å²) in [5.41, 5.74) is 0. The van der Waals surface area contributed by atoms with E-state index in [1.165, 1.54) is 6.42 Å². The third-order valence-corrected chi connectivity index (χ3v) is 2.15. The number of rotatable bonds is 3. The Kier molecular flexibility index (Phi) is 2.69. The highest BCUT2D eigenvalue weighted by Crippen LogP contribution is 2.26. The highest BCUT2D eigenvalue weighted by Gasteiger charge is 2.30. The first-order valence-corrected chi connectivity index (χ1v) is 4.03. The first kappa shape index (κ1) is 8.02. The van der Waals surface area contributed by atoms with Gasteiger partial charge < -0.3 is 9.84 Å². The third kappa shape index (κ3) is 1.70. The van der Waals surface area contributed by atoms with Crippen LogP contribution in [-0.2, 0) is 4.74 Å². The van der Waals surface area contributed by atoms with Crippen molar-refractivity contribution in [3.05, 3.63) is 0 Å². The molecule has 10 heavy (non-hydrogen) atoms. The average Bonchev–Trinajstić information content (AvgIpc) is 1.82. The minimum atomic E-state index is -0.209. The Morgan fingerprint density at radius 1 is 1.70 bits per heavy atom. The monoisotopic (exact) mass is 144 g/mol. The smallest absolute Gasteiger partial charge is 0.0649 e. The Balaban J connectivity index is 2.16. The van der Waals surface area contributed by atoms with Crippen molar-refractivity contribution in [3.8, 4) is 0 Å². The van der Waals surface area contributed by atoms with Crippen molar-refractivity contribution in [1.29, 1.82) is 0 Å². The molecule has 0 radical (unpaired) electrons. The highest BCUT2D eigenvalue weighted by atomic mass is 16.5. The molecule has 1 rings (SSSR count). The zero-order valence-electron chi connectivity index (χ0n) is 6.71. The van der Waals surface area contributed by atoms with Gasteiger partial charge in [-0.15, -0.1) is 0 Å². The summed E-state index contributed by atoms with van der Waals surface area (Å²) < 4.78 is 5.29. The van der Waals surface area contributed by atoms with Crippen LogP contribution in [0.15, 0.2) is 0 Å². The quantitative estimate of drug-likeness (QED) is 0.644. The fourth-order valence-electron chi connectivity index (χ4n) is 1.35. The molecule has 3 unspecified atom stereocenters. The van der Waals surface area contributed by atoms with Gasteiger partial charge in [-0.1, -0.05) is 6.92 Å². The number of ether oxygens (including phenoxy) is 1. The maximum Gasteiger partial charge on any atom is 0.0649 e. The molecule has 0 aromatic rings. The summed E-state index contributed by atoms with van der Waals surface area (Å²) in [6.07, 6.45) is 2.11. The molecular formula is C8H16O2. The van der Waals surface area contributed by atoms with E-state index >= 15 is 0 Å². The fourth-order valence-corrected chi connectivity index (χ4v) is 1.35. The predicted octanol–water partition coefficient (Wildman–Crippen LogP) is 1.18. The fraction of sp³-hybridized carbons (Fsp3) is 1.00. The van der Waals surface area contributed by atoms with Crippen LogP contribution in [0.25, 0.3) is 0 Å². The lowest BCUT2D eigenvalue weighted by Gasteiger charge is -2.37. The van der Waals surface area contributed by atoms with Gasteiger partial charge in [0, 0.05) is 5.92 Å². The Bertz CT molecular complexity index is 99.4. The summed E-state index contributed by atoms with van der Waals surface area (Å²) in [4.78, 5) is 0. The van der Waals surface area contributed by atoms with Gasteiger partial charge in [0.25, 0.3) is 0 Å². The van der Waals surface area contributed by atoms with E-state index in [1.807, 2.05) is 6.92 Å². The van der Waals surface area contributed by atoms with Crippen molar-refractivity contribution in [2.75, 3.05) is 6.61 Å². The van der Waals surface area contributed by atoms with E-state index in [2.05, 4.69) is 6.92 Å². The zero-order valence-corrected chi connectivity index (χ0v) is 6.71. The van der Waals surface area contributed by atoms with Gasteiger partial charge in [-0.3, -0.25) is 0 Å². The first-order valence-electron chi connectivity index (χ1n) is 4.03. The van der Waals surface area contributed by atoms with Crippen LogP contribution >= 0.6 is 0 Å². The van der Waals surface area contributed by atoms with Crippen molar-refractivity contribution in [1.82, 2.24) is 0 Å². The molecule has 1 fully saturated rings. The lowest BCUT2D eigenvalue weighted by molar-refractivity contribution is -0.130. The number of aliphatic hydroxyl groups is 1. The van der Waals surface area contributed by atoms with Crippen LogP contribution in [0.2, 0.25) is 0 Å². The second-order valence-corrected chi connectivity index (χ2v) is 3.12. The summed E-state index contributed by atoms with van der Waals surface area (Å²) in [7, 11) is 0. The van der Waals surface area contributed by atoms with Crippen LogP contribution in [0.5, 0.6) is 0 Å². The molecule has 0 aromatic carbocycles. The normalized spacial score (nSPS) is 35.1. The molecule has 1 heterocycles. The van der Waals surface area contributed by atoms with E-state index in [-0.39, 0.29) is 6.10 Å². The molecular weight excluding hydrogens is 128 g/mol. The first-order chi connectivity index (χ1) is 4.74. The van der Waals surface area contributed by atoms with E-state index in [4.69, 9.17) is 9.84 Å². The predicted molar refractivity (Wildman–Crippen MR) is 39.8 cm³/mol. The zero-order chi connectivity index (χ0) is 7.56. The van der Waals surface area contributed by atoms with E-state index in [0.29, 0.717) is 12.0 Å². The maximum absolute atomic E-state index is 9.02. The van der Waals surface area contributed by atoms with Crippen molar-refractivity contribution >= 4 is 0 Å². The Morgan fingerprint density at radius 3 is 2.70 bits per heavy atom. The van der Waals surface area contributed by atoms with E-state index in [0.717, 1.165) is 13.0 Å². The van der Waals surface area contributed by atoms with Gasteiger partial charge in [0.1, 0.15) is 0 Å². The summed E-state index contributed by atoms with van der Waals surface area (Å²) in [5, 5.41) is 9.02. The lowest BCUT2D eigenvalue weighted by Crippen LogP contribution is -2.41. The molecule has 1 aliphatic rings. The Hall–Kier alpha value is -0.0800. The summed E-state index contributed by atoms with van der Waals surface area (Å²) in [6, 6.07) is 0. The molecule has 1 saturated heterocycles. The minimum Gasteiger partial charge on any atom is -0.393 e. The number of aliphatic hydroxyl groups excluding tert-OH is 1. The summed E-state index contributed by atoms with van der Waals surface area (Å²) in [6.45, 7) is 4.88. The second kappa shape index (κ2) is 3.35. The van der Waals surface area contributed by atoms with Gasteiger partial charge in [0.15, 0.2) is 0 Å². The van der Waals surface area contributed by atoms with Crippen molar-refractivity contribution in [3.63, 3.8) is 0 Å². The molecule has 0 aliphatic carbocycles. The van der Waals surface area contributed by atoms with Crippen LogP contribution in [-0.4, -0.2) is 23.9 Å². The van der Waals surface area contributed by atoms with Crippen LogP contribution in [0.3, 0.4) is 0 Å². The summed E-state index contributed by atoms with van der Waals surface area (Å²) >= 11 is 0. The Labute approximate surface area is 62.2 Å². The molecule has 0 aromatic heterocycles. The van der Waals surface area contributed by atoms with E-state index in [1.54, 1.807) is 0 Å². The maximum atomic E-state index is 9.02. The minimum absolute atomic E-state index is 0.209. The Morgan fingerprint density at radius 2 is 2.40 bits per heavy atom. The molecule has 0 amide bonds. The van der Waals surface area contributed by atoms with Gasteiger partial charge >= 0.3 is 0 Å². The molecule has 3 atom stereocenters. The second-order valence-electron chi connectivity index (χ2n) is 3.12. The van der Waals surface area contributed by atoms with Crippen molar-refractivity contribution in [2.24, 2.45) is 5.92 Å². The molecule has 1 N–H and O–H groups in total. The molecule has 0 bridgehead atoms. The SMILES string of the molecule is CCC1COC1CC(C)O. The standard InChI is InChI=1S/C8H16O2/c1-3-7-5-10-8(7)4-6(2)9/h6-9H,3-5H2,1-2H3. The van der Waals surface area contributed by atoms with Crippen molar-refractivity contribution in [2.45, 2.75) is 38.9 Å². The molecule has 60 valence electrons. The van der Waals surface area contributed by atoms with Gasteiger partial charge in [-0.05, 0) is 19.8 Å². The van der Waals surface area contributed by atoms with Gasteiger partial charge in [0.2, 0.25) is 0 Å². The molecule has 0 saturated carbocycles. The van der Waals surface area contributed by atoms with Crippen LogP contribution < -0.4 is 0 Å². The van der Waals surface area contributed by atoms with Gasteiger partial charge in [0.05, 0.1) is 18.8 Å². The largest absolute Gasteiger partial charge is 0.393 e. The average molecular weight is 144 g/mol. The topological polar surface area (TPSA) is 29.5 Å². The molecule has 0 spiro atoms. The lowest BCUT2D eigenvalue weighted by atomic mass is 9.91. The van der Waals surface area contributed by atoms with E-state index in [9.17, 15) is 0 Å². The number of hydrogen-bond acceptors (Lipinski definition) is 2. The van der Waals surface area contributed by atoms with Crippen molar-refractivity contribution < 1.29 is 9.84 Å². The molecule has 1 aliphatic heterocycles. The summed E-state index contributed by atoms with van der Waals surface area (Å²) in [5.74, 6) is 0.703. The highest BCUT2D eigenvalue weighted by molar-refractivity contribution is 4.78. The third-order valence-electron chi connectivity index (χ3n) is 2.15. The number of hydrogen-bond donors (Lipinski definition) is 1. The van der Waals surface area contributed by atoms with Gasteiger partial charge in [-0.2, -0.15) is 0 Å². The molecule has 2 nitrogen and oxygen atoms in total. The van der Waals surface area contributed by atoms with Gasteiger partial charge in [-0.25, -0.2) is 0 Å². The van der Waals surface area contributed by atoms with Crippen LogP contribution in [0.1, 0.15) is 26.7 Å². The van der Waals surface area contributed by atoms with E-state index < -0.39 is 0 Å². The molecule has 2 heteroatoms.